The van der Waals surface area contributed by atoms with E-state index in [9.17, 15) is 4.39 Å². The van der Waals surface area contributed by atoms with E-state index in [1.54, 1.807) is 12.1 Å². The summed E-state index contributed by atoms with van der Waals surface area (Å²) in [6.45, 7) is 4.74. The van der Waals surface area contributed by atoms with Gasteiger partial charge in [-0.15, -0.1) is 0 Å². The van der Waals surface area contributed by atoms with Crippen molar-refractivity contribution in [3.8, 4) is 0 Å². The summed E-state index contributed by atoms with van der Waals surface area (Å²) in [6, 6.07) is 3.11. The van der Waals surface area contributed by atoms with Crippen LogP contribution in [0.3, 0.4) is 0 Å². The molecule has 0 saturated carbocycles. The van der Waals surface area contributed by atoms with Crippen LogP contribution < -0.4 is 5.73 Å². The van der Waals surface area contributed by atoms with Gasteiger partial charge in [0.25, 0.3) is 0 Å². The lowest BCUT2D eigenvalue weighted by molar-refractivity contribution is 0.101. The normalized spacial score (nSPS) is 21.2. The minimum absolute atomic E-state index is 0.0187. The minimum Gasteiger partial charge on any atom is -0.378 e. The Morgan fingerprint density at radius 1 is 1.39 bits per heavy atom. The van der Waals surface area contributed by atoms with Gasteiger partial charge >= 0.3 is 0 Å². The Balaban J connectivity index is 2.01. The molecule has 2 N–H and O–H groups in total. The van der Waals surface area contributed by atoms with E-state index in [-0.39, 0.29) is 11.9 Å². The maximum Gasteiger partial charge on any atom is 0.123 e. The molecule has 100 valence electrons. The molecule has 0 amide bonds. The zero-order valence-electron chi connectivity index (χ0n) is 11.2. The van der Waals surface area contributed by atoms with Gasteiger partial charge in [0, 0.05) is 12.6 Å². The lowest BCUT2D eigenvalue weighted by Crippen LogP contribution is -2.16. The molecule has 18 heavy (non-hydrogen) atoms. The molecule has 3 heteroatoms. The SMILES string of the molecule is Cc1cc(F)cc(C)c1C(N)CCC1CCCO1. The highest BCUT2D eigenvalue weighted by Gasteiger charge is 2.19. The van der Waals surface area contributed by atoms with Crippen LogP contribution in [0.1, 0.15) is 48.4 Å². The van der Waals surface area contributed by atoms with Gasteiger partial charge in [-0.05, 0) is 68.4 Å². The van der Waals surface area contributed by atoms with Gasteiger partial charge in [0.1, 0.15) is 5.82 Å². The van der Waals surface area contributed by atoms with Crippen LogP contribution in [0, 0.1) is 19.7 Å². The fourth-order valence-electron chi connectivity index (χ4n) is 2.89. The van der Waals surface area contributed by atoms with Gasteiger partial charge in [0.15, 0.2) is 0 Å². The summed E-state index contributed by atoms with van der Waals surface area (Å²) in [7, 11) is 0. The van der Waals surface area contributed by atoms with Crippen LogP contribution in [0.25, 0.3) is 0 Å². The smallest absolute Gasteiger partial charge is 0.123 e. The first-order chi connectivity index (χ1) is 8.58. The van der Waals surface area contributed by atoms with Crippen molar-refractivity contribution in [2.75, 3.05) is 6.61 Å². The Labute approximate surface area is 108 Å². The summed E-state index contributed by atoms with van der Waals surface area (Å²) in [5.41, 5.74) is 9.24. The second-order valence-electron chi connectivity index (χ2n) is 5.27. The number of hydrogen-bond donors (Lipinski definition) is 1. The Morgan fingerprint density at radius 3 is 2.61 bits per heavy atom. The van der Waals surface area contributed by atoms with Crippen molar-refractivity contribution in [2.45, 2.75) is 51.7 Å². The third-order valence-corrected chi connectivity index (χ3v) is 3.75. The largest absolute Gasteiger partial charge is 0.378 e. The summed E-state index contributed by atoms with van der Waals surface area (Å²) >= 11 is 0. The van der Waals surface area contributed by atoms with Crippen molar-refractivity contribution in [1.29, 1.82) is 0 Å². The Morgan fingerprint density at radius 2 is 2.06 bits per heavy atom. The molecular formula is C15H22FNO. The monoisotopic (exact) mass is 251 g/mol. The zero-order chi connectivity index (χ0) is 13.1. The second kappa shape index (κ2) is 5.81. The van der Waals surface area contributed by atoms with E-state index in [1.165, 1.54) is 0 Å². The van der Waals surface area contributed by atoms with Gasteiger partial charge in [-0.25, -0.2) is 4.39 Å². The molecule has 1 aliphatic heterocycles. The van der Waals surface area contributed by atoms with Crippen LogP contribution in [-0.4, -0.2) is 12.7 Å². The minimum atomic E-state index is -0.180. The molecule has 0 aliphatic carbocycles. The average Bonchev–Trinajstić information content (AvgIpc) is 2.77. The molecule has 2 unspecified atom stereocenters. The predicted octanol–water partition coefficient (Wildman–Crippen LogP) is 3.40. The quantitative estimate of drug-likeness (QED) is 0.890. The summed E-state index contributed by atoms with van der Waals surface area (Å²) < 4.78 is 18.8. The standard InChI is InChI=1S/C15H22FNO/c1-10-8-12(16)9-11(2)15(10)14(17)6-5-13-4-3-7-18-13/h8-9,13-14H,3-7,17H2,1-2H3. The van der Waals surface area contributed by atoms with Crippen LogP contribution in [0.15, 0.2) is 12.1 Å². The maximum absolute atomic E-state index is 13.2. The number of benzene rings is 1. The topological polar surface area (TPSA) is 35.2 Å². The van der Waals surface area contributed by atoms with Crippen LogP contribution in [0.2, 0.25) is 0 Å². The molecular weight excluding hydrogens is 229 g/mol. The van der Waals surface area contributed by atoms with Crippen molar-refractivity contribution in [1.82, 2.24) is 0 Å². The highest BCUT2D eigenvalue weighted by Crippen LogP contribution is 2.27. The molecule has 2 atom stereocenters. The average molecular weight is 251 g/mol. The van der Waals surface area contributed by atoms with E-state index < -0.39 is 0 Å². The third kappa shape index (κ3) is 3.09. The molecule has 1 saturated heterocycles. The summed E-state index contributed by atoms with van der Waals surface area (Å²) in [4.78, 5) is 0. The van der Waals surface area contributed by atoms with E-state index in [0.717, 1.165) is 49.0 Å². The number of rotatable bonds is 4. The third-order valence-electron chi connectivity index (χ3n) is 3.75. The van der Waals surface area contributed by atoms with E-state index in [1.807, 2.05) is 13.8 Å². The van der Waals surface area contributed by atoms with Crippen molar-refractivity contribution in [3.63, 3.8) is 0 Å². The number of nitrogens with two attached hydrogens (primary N) is 1. The van der Waals surface area contributed by atoms with Crippen LogP contribution in [-0.2, 0) is 4.74 Å². The molecule has 2 rings (SSSR count). The Hall–Kier alpha value is -0.930. The molecule has 2 nitrogen and oxygen atoms in total. The molecule has 1 aromatic rings. The molecule has 0 aromatic heterocycles. The van der Waals surface area contributed by atoms with Crippen molar-refractivity contribution in [2.24, 2.45) is 5.73 Å². The molecule has 1 fully saturated rings. The van der Waals surface area contributed by atoms with Gasteiger partial charge < -0.3 is 10.5 Å². The van der Waals surface area contributed by atoms with Gasteiger partial charge in [-0.3, -0.25) is 0 Å². The summed E-state index contributed by atoms with van der Waals surface area (Å²) in [6.07, 6.45) is 4.58. The van der Waals surface area contributed by atoms with Crippen molar-refractivity contribution < 1.29 is 9.13 Å². The lowest BCUT2D eigenvalue weighted by atomic mass is 9.92. The lowest BCUT2D eigenvalue weighted by Gasteiger charge is -2.19. The summed E-state index contributed by atoms with van der Waals surface area (Å²) in [5, 5.41) is 0. The highest BCUT2D eigenvalue weighted by molar-refractivity contribution is 5.36. The highest BCUT2D eigenvalue weighted by atomic mass is 19.1. The van der Waals surface area contributed by atoms with Gasteiger partial charge in [0.2, 0.25) is 0 Å². The maximum atomic E-state index is 13.2. The predicted molar refractivity (Wildman–Crippen MR) is 71.0 cm³/mol. The number of ether oxygens (including phenoxy) is 1. The fraction of sp³-hybridized carbons (Fsp3) is 0.600. The molecule has 1 heterocycles. The van der Waals surface area contributed by atoms with Crippen LogP contribution in [0.5, 0.6) is 0 Å². The summed E-state index contributed by atoms with van der Waals surface area (Å²) in [5.74, 6) is -0.180. The zero-order valence-corrected chi connectivity index (χ0v) is 11.2. The van der Waals surface area contributed by atoms with Crippen LogP contribution in [0.4, 0.5) is 4.39 Å². The van der Waals surface area contributed by atoms with Crippen molar-refractivity contribution in [3.05, 3.63) is 34.6 Å². The van der Waals surface area contributed by atoms with Gasteiger partial charge in [-0.2, -0.15) is 0 Å². The van der Waals surface area contributed by atoms with Gasteiger partial charge in [-0.1, -0.05) is 0 Å². The molecule has 0 radical (unpaired) electrons. The van der Waals surface area contributed by atoms with Crippen LogP contribution >= 0.6 is 0 Å². The van der Waals surface area contributed by atoms with Gasteiger partial charge in [0.05, 0.1) is 6.10 Å². The van der Waals surface area contributed by atoms with E-state index >= 15 is 0 Å². The van der Waals surface area contributed by atoms with E-state index in [4.69, 9.17) is 10.5 Å². The Kier molecular flexibility index (Phi) is 4.36. The van der Waals surface area contributed by atoms with E-state index in [2.05, 4.69) is 0 Å². The molecule has 1 aliphatic rings. The number of hydrogen-bond acceptors (Lipinski definition) is 2. The number of halogens is 1. The van der Waals surface area contributed by atoms with E-state index in [0.29, 0.717) is 6.10 Å². The molecule has 1 aromatic carbocycles. The Bertz CT molecular complexity index is 390. The number of aryl methyl sites for hydroxylation is 2. The fourth-order valence-corrected chi connectivity index (χ4v) is 2.89. The first-order valence-electron chi connectivity index (χ1n) is 6.71. The first-order valence-corrected chi connectivity index (χ1v) is 6.71. The van der Waals surface area contributed by atoms with Crippen molar-refractivity contribution >= 4 is 0 Å². The first kappa shape index (κ1) is 13.5. The second-order valence-corrected chi connectivity index (χ2v) is 5.27. The molecule has 0 spiro atoms. The molecule has 0 bridgehead atoms.